The number of aliphatic hydroxyl groups is 1. The van der Waals surface area contributed by atoms with E-state index in [4.69, 9.17) is 5.11 Å². The van der Waals surface area contributed by atoms with Gasteiger partial charge in [-0.05, 0) is 47.1 Å². The Morgan fingerprint density at radius 3 is 2.74 bits per heavy atom. The van der Waals surface area contributed by atoms with E-state index in [9.17, 15) is 4.79 Å². The first kappa shape index (κ1) is 15.8. The molecule has 0 fully saturated rings. The van der Waals surface area contributed by atoms with Gasteiger partial charge in [0.05, 0.1) is 6.61 Å². The monoisotopic (exact) mass is 309 g/mol. The molecule has 0 radical (unpaired) electrons. The smallest absolute Gasteiger partial charge is 0.222 e. The van der Waals surface area contributed by atoms with Gasteiger partial charge in [-0.15, -0.1) is 0 Å². The molecule has 0 unspecified atom stereocenters. The Kier molecular flexibility index (Phi) is 4.77. The zero-order chi connectivity index (χ0) is 16.2. The average Bonchev–Trinajstić information content (AvgIpc) is 2.93. The van der Waals surface area contributed by atoms with Crippen molar-refractivity contribution in [3.05, 3.63) is 59.2 Å². The summed E-state index contributed by atoms with van der Waals surface area (Å²) >= 11 is 0. The highest BCUT2D eigenvalue weighted by molar-refractivity contribution is 5.77. The number of rotatable bonds is 6. The molecule has 0 saturated heterocycles. The molecule has 3 rings (SSSR count). The molecule has 3 heteroatoms. The van der Waals surface area contributed by atoms with Crippen LogP contribution < -0.4 is 0 Å². The molecule has 0 atom stereocenters. The van der Waals surface area contributed by atoms with Crippen LogP contribution in [0.4, 0.5) is 0 Å². The molecule has 2 aromatic rings. The molecule has 1 N–H and O–H groups in total. The molecule has 0 bridgehead atoms. The van der Waals surface area contributed by atoms with E-state index in [1.54, 1.807) is 11.9 Å². The van der Waals surface area contributed by atoms with Crippen LogP contribution in [0, 0.1) is 0 Å². The van der Waals surface area contributed by atoms with Crippen LogP contribution in [0.25, 0.3) is 11.1 Å². The fourth-order valence-corrected chi connectivity index (χ4v) is 3.24. The number of aliphatic hydroxyl groups excluding tert-OH is 1. The predicted molar refractivity (Wildman–Crippen MR) is 92.3 cm³/mol. The second kappa shape index (κ2) is 6.97. The summed E-state index contributed by atoms with van der Waals surface area (Å²) in [5.74, 6) is 0.102. The van der Waals surface area contributed by atoms with Gasteiger partial charge in [0, 0.05) is 20.0 Å². The number of hydrogen-bond acceptors (Lipinski definition) is 2. The maximum atomic E-state index is 11.9. The van der Waals surface area contributed by atoms with E-state index in [1.807, 2.05) is 0 Å². The van der Waals surface area contributed by atoms with Crippen molar-refractivity contribution in [2.75, 3.05) is 20.2 Å². The fourth-order valence-electron chi connectivity index (χ4n) is 3.24. The third-order valence-electron chi connectivity index (χ3n) is 4.58. The molecule has 23 heavy (non-hydrogen) atoms. The molecule has 1 aliphatic rings. The highest BCUT2D eigenvalue weighted by Crippen LogP contribution is 2.36. The van der Waals surface area contributed by atoms with Crippen LogP contribution in [0.3, 0.4) is 0 Å². The zero-order valence-electron chi connectivity index (χ0n) is 13.6. The maximum absolute atomic E-state index is 11.9. The highest BCUT2D eigenvalue weighted by Gasteiger charge is 2.17. The predicted octanol–water partition coefficient (Wildman–Crippen LogP) is 3.03. The first-order valence-corrected chi connectivity index (χ1v) is 8.24. The summed E-state index contributed by atoms with van der Waals surface area (Å²) in [6, 6.07) is 15.3. The van der Waals surface area contributed by atoms with Crippen LogP contribution in [0.5, 0.6) is 0 Å². The van der Waals surface area contributed by atoms with Crippen LogP contribution >= 0.6 is 0 Å². The van der Waals surface area contributed by atoms with Crippen molar-refractivity contribution in [2.45, 2.75) is 25.7 Å². The molecular weight excluding hydrogens is 286 g/mol. The molecule has 2 aromatic carbocycles. The summed E-state index contributed by atoms with van der Waals surface area (Å²) in [6.07, 6.45) is 3.31. The van der Waals surface area contributed by atoms with Crippen molar-refractivity contribution in [3.63, 3.8) is 0 Å². The number of likely N-dealkylation sites (N-methyl/N-ethyl adjacent to an activating group) is 1. The van der Waals surface area contributed by atoms with Gasteiger partial charge in [0.15, 0.2) is 0 Å². The number of fused-ring (bicyclic) bond motifs is 3. The Hall–Kier alpha value is -2.13. The largest absolute Gasteiger partial charge is 0.395 e. The SMILES string of the molecule is CN(CCO)C(=O)CCCc1ccc2c(c1)-c1ccccc1C2. The highest BCUT2D eigenvalue weighted by atomic mass is 16.3. The average molecular weight is 309 g/mol. The minimum Gasteiger partial charge on any atom is -0.395 e. The van der Waals surface area contributed by atoms with Gasteiger partial charge in [-0.3, -0.25) is 4.79 Å². The van der Waals surface area contributed by atoms with Gasteiger partial charge in [-0.25, -0.2) is 0 Å². The number of carbonyl (C=O) groups is 1. The summed E-state index contributed by atoms with van der Waals surface area (Å²) in [7, 11) is 1.74. The van der Waals surface area contributed by atoms with Crippen LogP contribution in [-0.2, 0) is 17.6 Å². The molecule has 0 saturated carbocycles. The summed E-state index contributed by atoms with van der Waals surface area (Å²) < 4.78 is 0. The normalized spacial score (nSPS) is 11.9. The van der Waals surface area contributed by atoms with Crippen molar-refractivity contribution in [1.82, 2.24) is 4.90 Å². The van der Waals surface area contributed by atoms with Gasteiger partial charge >= 0.3 is 0 Å². The molecule has 0 aromatic heterocycles. The lowest BCUT2D eigenvalue weighted by Gasteiger charge is -2.15. The quantitative estimate of drug-likeness (QED) is 0.760. The zero-order valence-corrected chi connectivity index (χ0v) is 13.6. The van der Waals surface area contributed by atoms with Gasteiger partial charge in [-0.2, -0.15) is 0 Å². The van der Waals surface area contributed by atoms with Crippen LogP contribution in [0.1, 0.15) is 29.5 Å². The number of nitrogens with zero attached hydrogens (tertiary/aromatic N) is 1. The Bertz CT molecular complexity index is 709. The van der Waals surface area contributed by atoms with E-state index in [1.165, 1.54) is 27.8 Å². The summed E-state index contributed by atoms with van der Waals surface area (Å²) in [5.41, 5.74) is 6.79. The van der Waals surface area contributed by atoms with Crippen molar-refractivity contribution in [1.29, 1.82) is 0 Å². The summed E-state index contributed by atoms with van der Waals surface area (Å²) in [5, 5.41) is 8.86. The van der Waals surface area contributed by atoms with E-state index < -0.39 is 0 Å². The fraction of sp³-hybridized carbons (Fsp3) is 0.350. The second-order valence-electron chi connectivity index (χ2n) is 6.22. The number of aryl methyl sites for hydroxylation is 1. The molecule has 0 aliphatic heterocycles. The van der Waals surface area contributed by atoms with Gasteiger partial charge in [0.1, 0.15) is 0 Å². The van der Waals surface area contributed by atoms with Gasteiger partial charge in [0.25, 0.3) is 0 Å². The summed E-state index contributed by atoms with van der Waals surface area (Å²) in [6.45, 7) is 0.431. The number of hydrogen-bond donors (Lipinski definition) is 1. The molecule has 1 amide bonds. The van der Waals surface area contributed by atoms with Crippen LogP contribution in [0.15, 0.2) is 42.5 Å². The van der Waals surface area contributed by atoms with E-state index in [0.29, 0.717) is 13.0 Å². The Morgan fingerprint density at radius 2 is 1.91 bits per heavy atom. The molecular formula is C20H23NO2. The number of benzene rings is 2. The molecule has 0 spiro atoms. The topological polar surface area (TPSA) is 40.5 Å². The first-order valence-electron chi connectivity index (χ1n) is 8.24. The van der Waals surface area contributed by atoms with Gasteiger partial charge < -0.3 is 10.0 Å². The van der Waals surface area contributed by atoms with E-state index >= 15 is 0 Å². The van der Waals surface area contributed by atoms with Gasteiger partial charge in [-0.1, -0.05) is 42.5 Å². The lowest BCUT2D eigenvalue weighted by Crippen LogP contribution is -2.29. The lowest BCUT2D eigenvalue weighted by atomic mass is 10.00. The van der Waals surface area contributed by atoms with Crippen molar-refractivity contribution >= 4 is 5.91 Å². The van der Waals surface area contributed by atoms with Gasteiger partial charge in [0.2, 0.25) is 5.91 Å². The standard InChI is InChI=1S/C20H23NO2/c1-21(11-12-22)20(23)8-4-5-15-9-10-17-14-16-6-2-3-7-18(16)19(17)13-15/h2-3,6-7,9-10,13,22H,4-5,8,11-12,14H2,1H3. The Morgan fingerprint density at radius 1 is 1.13 bits per heavy atom. The minimum absolute atomic E-state index is 0.0203. The lowest BCUT2D eigenvalue weighted by molar-refractivity contribution is -0.130. The molecule has 120 valence electrons. The minimum atomic E-state index is 0.0203. The van der Waals surface area contributed by atoms with E-state index in [0.717, 1.165) is 19.3 Å². The second-order valence-corrected chi connectivity index (χ2v) is 6.22. The molecule has 3 nitrogen and oxygen atoms in total. The molecule has 1 aliphatic carbocycles. The van der Waals surface area contributed by atoms with E-state index in [-0.39, 0.29) is 12.5 Å². The first-order chi connectivity index (χ1) is 11.2. The number of amides is 1. The van der Waals surface area contributed by atoms with Crippen LogP contribution in [0.2, 0.25) is 0 Å². The van der Waals surface area contributed by atoms with Crippen molar-refractivity contribution in [3.8, 4) is 11.1 Å². The number of carbonyl (C=O) groups excluding carboxylic acids is 1. The maximum Gasteiger partial charge on any atom is 0.222 e. The van der Waals surface area contributed by atoms with Crippen LogP contribution in [-0.4, -0.2) is 36.1 Å². The third-order valence-corrected chi connectivity index (χ3v) is 4.58. The summed E-state index contributed by atoms with van der Waals surface area (Å²) in [4.78, 5) is 13.5. The third kappa shape index (κ3) is 3.45. The van der Waals surface area contributed by atoms with E-state index in [2.05, 4.69) is 42.5 Å². The molecule has 0 heterocycles. The van der Waals surface area contributed by atoms with Crippen molar-refractivity contribution < 1.29 is 9.90 Å². The Labute approximate surface area is 137 Å². The Balaban J connectivity index is 1.62. The van der Waals surface area contributed by atoms with Crippen molar-refractivity contribution in [2.24, 2.45) is 0 Å².